The predicted molar refractivity (Wildman–Crippen MR) is 101 cm³/mol. The van der Waals surface area contributed by atoms with E-state index in [1.165, 1.54) is 11.1 Å². The highest BCUT2D eigenvalue weighted by molar-refractivity contribution is 5.35. The van der Waals surface area contributed by atoms with Gasteiger partial charge in [0.2, 0.25) is 0 Å². The van der Waals surface area contributed by atoms with Gasteiger partial charge in [-0.2, -0.15) is 5.10 Å². The lowest BCUT2D eigenvalue weighted by atomic mass is 9.87. The third-order valence-electron chi connectivity index (χ3n) is 5.31. The van der Waals surface area contributed by atoms with Crippen LogP contribution in [0.2, 0.25) is 0 Å². The number of nitrogens with zero attached hydrogens (tertiary/aromatic N) is 4. The zero-order chi connectivity index (χ0) is 17.9. The molecule has 0 spiro atoms. The normalized spacial score (nSPS) is 20.4. The van der Waals surface area contributed by atoms with E-state index in [0.29, 0.717) is 12.0 Å². The second-order valence-corrected chi connectivity index (χ2v) is 6.80. The monoisotopic (exact) mass is 348 g/mol. The second-order valence-electron chi connectivity index (χ2n) is 6.80. The molecule has 5 nitrogen and oxygen atoms in total. The molecule has 2 heterocycles. The third-order valence-corrected chi connectivity index (χ3v) is 5.31. The minimum atomic E-state index is 0.296. The van der Waals surface area contributed by atoms with Crippen molar-refractivity contribution in [2.45, 2.75) is 24.9 Å². The third kappa shape index (κ3) is 3.22. The molecular formula is C21H24N4O. The number of rotatable bonds is 5. The molecule has 26 heavy (non-hydrogen) atoms. The SMILES string of the molecule is COc1cccc([C@H]2[C@@H](c3ccccc3)CCN2Cc2ncnn2C)c1. The van der Waals surface area contributed by atoms with Gasteiger partial charge >= 0.3 is 0 Å². The van der Waals surface area contributed by atoms with Gasteiger partial charge in [-0.15, -0.1) is 0 Å². The highest BCUT2D eigenvalue weighted by Gasteiger charge is 2.36. The Bertz CT molecular complexity index is 861. The Morgan fingerprint density at radius 3 is 2.62 bits per heavy atom. The molecule has 0 bridgehead atoms. The molecule has 0 radical (unpaired) electrons. The van der Waals surface area contributed by atoms with E-state index in [4.69, 9.17) is 4.74 Å². The van der Waals surface area contributed by atoms with Crippen LogP contribution in [0.15, 0.2) is 60.9 Å². The molecule has 0 amide bonds. The van der Waals surface area contributed by atoms with Crippen LogP contribution in [0.3, 0.4) is 0 Å². The largest absolute Gasteiger partial charge is 0.497 e. The number of likely N-dealkylation sites (tertiary alicyclic amines) is 1. The fourth-order valence-electron chi connectivity index (χ4n) is 4.00. The van der Waals surface area contributed by atoms with Gasteiger partial charge in [-0.1, -0.05) is 42.5 Å². The van der Waals surface area contributed by atoms with E-state index in [0.717, 1.165) is 31.1 Å². The average Bonchev–Trinajstić information content (AvgIpc) is 3.29. The summed E-state index contributed by atoms with van der Waals surface area (Å²) in [7, 11) is 3.67. The Hall–Kier alpha value is -2.66. The van der Waals surface area contributed by atoms with Crippen molar-refractivity contribution in [3.8, 4) is 5.75 Å². The van der Waals surface area contributed by atoms with E-state index >= 15 is 0 Å². The molecule has 2 aromatic carbocycles. The van der Waals surface area contributed by atoms with Gasteiger partial charge in [-0.05, 0) is 36.2 Å². The molecule has 3 aromatic rings. The van der Waals surface area contributed by atoms with Crippen LogP contribution >= 0.6 is 0 Å². The summed E-state index contributed by atoms with van der Waals surface area (Å²) in [5.41, 5.74) is 2.68. The molecular weight excluding hydrogens is 324 g/mol. The summed E-state index contributed by atoms with van der Waals surface area (Å²) in [5, 5.41) is 4.22. The molecule has 1 saturated heterocycles. The Kier molecular flexibility index (Phi) is 4.71. The lowest BCUT2D eigenvalue weighted by Crippen LogP contribution is -2.26. The highest BCUT2D eigenvalue weighted by Crippen LogP contribution is 2.44. The van der Waals surface area contributed by atoms with E-state index in [2.05, 4.69) is 63.5 Å². The quantitative estimate of drug-likeness (QED) is 0.707. The summed E-state index contributed by atoms with van der Waals surface area (Å²) in [6, 6.07) is 19.6. The molecule has 134 valence electrons. The maximum atomic E-state index is 5.47. The molecule has 1 aromatic heterocycles. The van der Waals surface area contributed by atoms with E-state index in [-0.39, 0.29) is 0 Å². The zero-order valence-electron chi connectivity index (χ0n) is 15.2. The molecule has 1 aliphatic rings. The van der Waals surface area contributed by atoms with Gasteiger partial charge in [0.25, 0.3) is 0 Å². The van der Waals surface area contributed by atoms with Crippen molar-refractivity contribution in [1.29, 1.82) is 0 Å². The molecule has 5 heteroatoms. The first-order chi connectivity index (χ1) is 12.8. The number of benzene rings is 2. The van der Waals surface area contributed by atoms with Crippen molar-refractivity contribution < 1.29 is 4.74 Å². The highest BCUT2D eigenvalue weighted by atomic mass is 16.5. The summed E-state index contributed by atoms with van der Waals surface area (Å²) in [6.07, 6.45) is 2.75. The summed E-state index contributed by atoms with van der Waals surface area (Å²) in [6.45, 7) is 1.83. The van der Waals surface area contributed by atoms with Gasteiger partial charge in [0.15, 0.2) is 0 Å². The molecule has 2 atom stereocenters. The molecule has 0 saturated carbocycles. The number of aromatic nitrogens is 3. The van der Waals surface area contributed by atoms with Crippen LogP contribution in [-0.2, 0) is 13.6 Å². The number of hydrogen-bond acceptors (Lipinski definition) is 4. The molecule has 0 N–H and O–H groups in total. The van der Waals surface area contributed by atoms with Gasteiger partial charge < -0.3 is 4.74 Å². The van der Waals surface area contributed by atoms with Crippen molar-refractivity contribution in [1.82, 2.24) is 19.7 Å². The van der Waals surface area contributed by atoms with Crippen molar-refractivity contribution in [2.75, 3.05) is 13.7 Å². The first-order valence-corrected chi connectivity index (χ1v) is 9.02. The topological polar surface area (TPSA) is 43.2 Å². The lowest BCUT2D eigenvalue weighted by Gasteiger charge is -2.29. The standard InChI is InChI=1S/C21H24N4O/c1-24-20(22-15-23-24)14-25-12-11-19(16-7-4-3-5-8-16)21(25)17-9-6-10-18(13-17)26-2/h3-10,13,15,19,21H,11-12,14H2,1-2H3/t19-,21+/m1/s1. The van der Waals surface area contributed by atoms with Crippen LogP contribution < -0.4 is 4.74 Å². The Balaban J connectivity index is 1.70. The summed E-state index contributed by atoms with van der Waals surface area (Å²) in [4.78, 5) is 6.93. The fraction of sp³-hybridized carbons (Fsp3) is 0.333. The summed E-state index contributed by atoms with van der Waals surface area (Å²) >= 11 is 0. The minimum absolute atomic E-state index is 0.296. The van der Waals surface area contributed by atoms with Gasteiger partial charge in [-0.3, -0.25) is 9.58 Å². The molecule has 1 aliphatic heterocycles. The second kappa shape index (κ2) is 7.30. The molecule has 0 aliphatic carbocycles. The van der Waals surface area contributed by atoms with E-state index in [9.17, 15) is 0 Å². The minimum Gasteiger partial charge on any atom is -0.497 e. The summed E-state index contributed by atoms with van der Waals surface area (Å²) < 4.78 is 7.33. The Morgan fingerprint density at radius 2 is 1.88 bits per heavy atom. The van der Waals surface area contributed by atoms with Crippen molar-refractivity contribution in [3.05, 3.63) is 77.9 Å². The van der Waals surface area contributed by atoms with Gasteiger partial charge in [0.1, 0.15) is 17.9 Å². The number of methoxy groups -OCH3 is 1. The smallest absolute Gasteiger partial charge is 0.140 e. The van der Waals surface area contributed by atoms with Crippen molar-refractivity contribution in [3.63, 3.8) is 0 Å². The summed E-state index contributed by atoms with van der Waals surface area (Å²) in [5.74, 6) is 2.35. The van der Waals surface area contributed by atoms with Crippen molar-refractivity contribution >= 4 is 0 Å². The van der Waals surface area contributed by atoms with Crippen LogP contribution in [0.4, 0.5) is 0 Å². The molecule has 0 unspecified atom stereocenters. The predicted octanol–water partition coefficient (Wildman–Crippen LogP) is 3.55. The number of hydrogen-bond donors (Lipinski definition) is 0. The van der Waals surface area contributed by atoms with Crippen LogP contribution in [0.5, 0.6) is 5.75 Å². The molecule has 1 fully saturated rings. The number of aryl methyl sites for hydroxylation is 1. The maximum Gasteiger partial charge on any atom is 0.140 e. The van der Waals surface area contributed by atoms with Gasteiger partial charge in [-0.25, -0.2) is 4.98 Å². The van der Waals surface area contributed by atoms with Crippen LogP contribution in [0.1, 0.15) is 35.3 Å². The van der Waals surface area contributed by atoms with Crippen LogP contribution in [0.25, 0.3) is 0 Å². The Morgan fingerprint density at radius 1 is 1.08 bits per heavy atom. The van der Waals surface area contributed by atoms with E-state index < -0.39 is 0 Å². The first-order valence-electron chi connectivity index (χ1n) is 9.02. The lowest BCUT2D eigenvalue weighted by molar-refractivity contribution is 0.229. The van der Waals surface area contributed by atoms with Crippen LogP contribution in [-0.4, -0.2) is 33.3 Å². The van der Waals surface area contributed by atoms with Crippen molar-refractivity contribution in [2.24, 2.45) is 7.05 Å². The maximum absolute atomic E-state index is 5.47. The fourth-order valence-corrected chi connectivity index (χ4v) is 4.00. The average molecular weight is 348 g/mol. The Labute approximate surface area is 154 Å². The first kappa shape index (κ1) is 16.8. The molecule has 4 rings (SSSR count). The zero-order valence-corrected chi connectivity index (χ0v) is 15.2. The van der Waals surface area contributed by atoms with E-state index in [1.54, 1.807) is 13.4 Å². The van der Waals surface area contributed by atoms with Gasteiger partial charge in [0, 0.05) is 19.0 Å². The van der Waals surface area contributed by atoms with Crippen LogP contribution in [0, 0.1) is 0 Å². The van der Waals surface area contributed by atoms with E-state index in [1.807, 2.05) is 17.8 Å². The number of ether oxygens (including phenoxy) is 1. The van der Waals surface area contributed by atoms with Gasteiger partial charge in [0.05, 0.1) is 13.7 Å².